The molecule has 1 amide bonds. The fraction of sp³-hybridized carbons (Fsp3) is 0.962. The molecule has 0 saturated heterocycles. The quantitative estimate of drug-likeness (QED) is 0.311. The van der Waals surface area contributed by atoms with Crippen LogP contribution in [0.5, 0.6) is 0 Å². The van der Waals surface area contributed by atoms with Gasteiger partial charge in [-0.2, -0.15) is 0 Å². The van der Waals surface area contributed by atoms with Gasteiger partial charge in [0.1, 0.15) is 0 Å². The summed E-state index contributed by atoms with van der Waals surface area (Å²) in [6.07, 6.45) is 8.85. The summed E-state index contributed by atoms with van der Waals surface area (Å²) in [5, 5.41) is 24.4. The van der Waals surface area contributed by atoms with Gasteiger partial charge in [-0.05, 0) is 104 Å². The number of aliphatic hydroxyl groups is 2. The Morgan fingerprint density at radius 2 is 1.80 bits per heavy atom. The van der Waals surface area contributed by atoms with E-state index in [1.54, 1.807) is 0 Å². The smallest absolute Gasteiger partial charge is 0.748 e. The average Bonchev–Trinajstić information content (AvgIpc) is 3.11. The standard InChI is InChI=1S/C26H45NO6S.K/c1-16(4-9-24(30)27-12-13-34(31,32)33)20-7-8-21-19-6-5-17-14-18(28)10-11-25(17,2)22(19)15-23(29)26(20,21)3;/h16-23,28-29H,4-15H2,1-3H3,(H,27,30)(H,31,32,33);/q;+1/p-1/t16?,17?,18-,19?,20-,21?,22?,23+,25+,26-;/m1./s1. The third-order valence-electron chi connectivity index (χ3n) is 11.0. The van der Waals surface area contributed by atoms with Gasteiger partial charge in [-0.1, -0.05) is 20.8 Å². The first-order chi connectivity index (χ1) is 15.9. The van der Waals surface area contributed by atoms with Crippen molar-refractivity contribution >= 4 is 16.0 Å². The van der Waals surface area contributed by atoms with Crippen LogP contribution >= 0.6 is 0 Å². The molecule has 4 aliphatic rings. The number of carbonyl (C=O) groups excluding carboxylic acids is 1. The summed E-state index contributed by atoms with van der Waals surface area (Å²) in [5.41, 5.74) is 0.0922. The summed E-state index contributed by atoms with van der Waals surface area (Å²) in [7, 11) is -4.32. The molecule has 0 aromatic carbocycles. The first-order valence-corrected chi connectivity index (χ1v) is 15.0. The minimum Gasteiger partial charge on any atom is -0.748 e. The number of rotatable bonds is 7. The molecule has 4 rings (SSSR count). The summed E-state index contributed by atoms with van der Waals surface area (Å²) >= 11 is 0. The normalized spacial score (nSPS) is 43.8. The van der Waals surface area contributed by atoms with Crippen molar-refractivity contribution in [3.63, 3.8) is 0 Å². The average molecular weight is 538 g/mol. The summed E-state index contributed by atoms with van der Waals surface area (Å²) in [6, 6.07) is 0. The van der Waals surface area contributed by atoms with Gasteiger partial charge in [0.2, 0.25) is 5.91 Å². The first kappa shape index (κ1) is 30.5. The minimum absolute atomic E-state index is 0. The fourth-order valence-corrected chi connectivity index (χ4v) is 9.48. The predicted octanol–water partition coefficient (Wildman–Crippen LogP) is 0.0587. The SMILES string of the molecule is CC(CCC(=O)NCCS(=O)(=O)[O-])[C@H]1CCC2C3CCC4C[C@H](O)CC[C@]4(C)C3C[C@H](O)[C@@]21C.[K+]. The van der Waals surface area contributed by atoms with Gasteiger partial charge in [0.05, 0.1) is 28.1 Å². The Kier molecular flexibility index (Phi) is 10.1. The van der Waals surface area contributed by atoms with Crippen molar-refractivity contribution in [2.45, 2.75) is 97.2 Å². The van der Waals surface area contributed by atoms with Gasteiger partial charge in [-0.25, -0.2) is 8.42 Å². The molecule has 35 heavy (non-hydrogen) atoms. The largest absolute Gasteiger partial charge is 1.00 e. The summed E-state index contributed by atoms with van der Waals surface area (Å²) in [4.78, 5) is 12.2. The van der Waals surface area contributed by atoms with E-state index in [-0.39, 0.29) is 92.8 Å². The van der Waals surface area contributed by atoms with Crippen LogP contribution in [0.1, 0.15) is 85.0 Å². The number of amides is 1. The minimum atomic E-state index is -4.32. The molecular formula is C26H44KNO6S. The van der Waals surface area contributed by atoms with Crippen molar-refractivity contribution in [1.82, 2.24) is 5.32 Å². The van der Waals surface area contributed by atoms with E-state index in [1.807, 2.05) is 0 Å². The maximum atomic E-state index is 12.2. The molecule has 0 aromatic heterocycles. The second-order valence-corrected chi connectivity index (χ2v) is 14.0. The Balaban J connectivity index is 0.00000342. The van der Waals surface area contributed by atoms with E-state index >= 15 is 0 Å². The zero-order chi connectivity index (χ0) is 24.9. The van der Waals surface area contributed by atoms with Crippen LogP contribution in [-0.2, 0) is 14.9 Å². The third-order valence-corrected chi connectivity index (χ3v) is 11.7. The summed E-state index contributed by atoms with van der Waals surface area (Å²) < 4.78 is 32.2. The summed E-state index contributed by atoms with van der Waals surface area (Å²) in [6.45, 7) is 6.78. The second kappa shape index (κ2) is 11.6. The van der Waals surface area contributed by atoms with E-state index in [2.05, 4.69) is 26.1 Å². The van der Waals surface area contributed by atoms with Crippen molar-refractivity contribution in [3.05, 3.63) is 0 Å². The van der Waals surface area contributed by atoms with E-state index in [0.717, 1.165) is 38.5 Å². The Bertz CT molecular complexity index is 870. The molecular weight excluding hydrogens is 493 g/mol. The molecule has 0 bridgehead atoms. The Labute approximate surface area is 254 Å². The zero-order valence-corrected chi connectivity index (χ0v) is 26.0. The Hall–Kier alpha value is 0.936. The topological polar surface area (TPSA) is 127 Å². The van der Waals surface area contributed by atoms with Crippen molar-refractivity contribution in [1.29, 1.82) is 0 Å². The number of aliphatic hydroxyl groups excluding tert-OH is 2. The van der Waals surface area contributed by atoms with Gasteiger partial charge in [0.25, 0.3) is 0 Å². The van der Waals surface area contributed by atoms with Crippen LogP contribution in [0.25, 0.3) is 0 Å². The third kappa shape index (κ3) is 6.08. The maximum absolute atomic E-state index is 12.2. The van der Waals surface area contributed by atoms with Crippen molar-refractivity contribution in [2.75, 3.05) is 12.3 Å². The van der Waals surface area contributed by atoms with Gasteiger partial charge < -0.3 is 20.1 Å². The molecule has 0 spiro atoms. The molecule has 9 heteroatoms. The van der Waals surface area contributed by atoms with Crippen molar-refractivity contribution in [2.24, 2.45) is 46.3 Å². The molecule has 10 atom stereocenters. The number of carbonyl (C=O) groups is 1. The van der Waals surface area contributed by atoms with E-state index in [0.29, 0.717) is 42.4 Å². The van der Waals surface area contributed by atoms with E-state index in [9.17, 15) is 28.0 Å². The molecule has 3 N–H and O–H groups in total. The molecule has 0 radical (unpaired) electrons. The van der Waals surface area contributed by atoms with Crippen LogP contribution in [-0.4, -0.2) is 53.6 Å². The van der Waals surface area contributed by atoms with Crippen LogP contribution in [0.15, 0.2) is 0 Å². The predicted molar refractivity (Wildman–Crippen MR) is 129 cm³/mol. The van der Waals surface area contributed by atoms with Gasteiger partial charge in [0, 0.05) is 13.0 Å². The zero-order valence-electron chi connectivity index (χ0n) is 22.0. The van der Waals surface area contributed by atoms with Crippen molar-refractivity contribution < 1.29 is 79.4 Å². The van der Waals surface area contributed by atoms with E-state index in [4.69, 9.17) is 0 Å². The molecule has 4 saturated carbocycles. The van der Waals surface area contributed by atoms with Gasteiger partial charge in [0.15, 0.2) is 0 Å². The van der Waals surface area contributed by atoms with Crippen LogP contribution in [0.2, 0.25) is 0 Å². The first-order valence-electron chi connectivity index (χ1n) is 13.4. The molecule has 7 nitrogen and oxygen atoms in total. The molecule has 0 aliphatic heterocycles. The van der Waals surface area contributed by atoms with Gasteiger partial charge >= 0.3 is 51.4 Å². The van der Waals surface area contributed by atoms with Crippen LogP contribution in [0.3, 0.4) is 0 Å². The second-order valence-electron chi connectivity index (χ2n) is 12.5. The number of nitrogens with one attached hydrogen (secondary N) is 1. The van der Waals surface area contributed by atoms with Crippen LogP contribution < -0.4 is 56.7 Å². The molecule has 196 valence electrons. The van der Waals surface area contributed by atoms with Crippen LogP contribution in [0.4, 0.5) is 0 Å². The fourth-order valence-electron chi connectivity index (χ4n) is 9.12. The Morgan fingerprint density at radius 3 is 2.49 bits per heavy atom. The number of hydrogen-bond acceptors (Lipinski definition) is 6. The Morgan fingerprint density at radius 1 is 1.09 bits per heavy atom. The number of fused-ring (bicyclic) bond motifs is 5. The molecule has 0 aromatic rings. The molecule has 4 fully saturated rings. The molecule has 0 heterocycles. The number of hydrogen-bond donors (Lipinski definition) is 3. The molecule has 5 unspecified atom stereocenters. The monoisotopic (exact) mass is 537 g/mol. The van der Waals surface area contributed by atoms with Crippen LogP contribution in [0, 0.1) is 46.3 Å². The van der Waals surface area contributed by atoms with Gasteiger partial charge in [-0.3, -0.25) is 4.79 Å². The summed E-state index contributed by atoms with van der Waals surface area (Å²) in [5.74, 6) is 2.10. The van der Waals surface area contributed by atoms with Gasteiger partial charge in [-0.15, -0.1) is 0 Å². The molecule has 4 aliphatic carbocycles. The van der Waals surface area contributed by atoms with E-state index < -0.39 is 15.9 Å². The maximum Gasteiger partial charge on any atom is 1.00 e. The van der Waals surface area contributed by atoms with E-state index in [1.165, 1.54) is 12.8 Å². The van der Waals surface area contributed by atoms with Crippen molar-refractivity contribution in [3.8, 4) is 0 Å².